The van der Waals surface area contributed by atoms with E-state index in [9.17, 15) is 17.6 Å². The van der Waals surface area contributed by atoms with E-state index in [1.807, 2.05) is 65.5 Å². The molecule has 0 saturated carbocycles. The van der Waals surface area contributed by atoms with Crippen LogP contribution in [-0.2, 0) is 6.54 Å². The van der Waals surface area contributed by atoms with Gasteiger partial charge in [-0.15, -0.1) is 0 Å². The molecule has 0 fully saturated rings. The summed E-state index contributed by atoms with van der Waals surface area (Å²) in [5.74, 6) is 0.843. The lowest BCUT2D eigenvalue weighted by Crippen LogP contribution is -1.99. The van der Waals surface area contributed by atoms with Crippen LogP contribution in [-0.4, -0.2) is 46.1 Å². The molecule has 0 N–H and O–H groups in total. The second kappa shape index (κ2) is 23.2. The number of nitrogens with zero attached hydrogens (tertiary/aromatic N) is 5. The van der Waals surface area contributed by atoms with Gasteiger partial charge in [-0.1, -0.05) is 78.9 Å². The van der Waals surface area contributed by atoms with Gasteiger partial charge in [-0.2, -0.15) is 5.10 Å². The summed E-state index contributed by atoms with van der Waals surface area (Å²) in [5.41, 5.74) is 7.71. The molecule has 0 aliphatic carbocycles. The van der Waals surface area contributed by atoms with Crippen LogP contribution >= 0.6 is 0 Å². The second-order valence-electron chi connectivity index (χ2n) is 13.7. The van der Waals surface area contributed by atoms with E-state index < -0.39 is 0 Å². The number of pyridine rings is 3. The largest absolute Gasteiger partial charge is 0.496 e. The smallest absolute Gasteiger partial charge is 0.221 e. The van der Waals surface area contributed by atoms with Crippen LogP contribution < -0.4 is 14.2 Å². The molecule has 4 aromatic heterocycles. The van der Waals surface area contributed by atoms with Crippen LogP contribution in [0.15, 0.2) is 195 Å². The van der Waals surface area contributed by atoms with Gasteiger partial charge in [0.1, 0.15) is 34.8 Å². The lowest BCUT2D eigenvalue weighted by Gasteiger charge is -2.07. The highest BCUT2D eigenvalue weighted by molar-refractivity contribution is 5.70. The highest BCUT2D eigenvalue weighted by Gasteiger charge is 2.08. The number of hydrogen-bond acceptors (Lipinski definition) is 7. The van der Waals surface area contributed by atoms with E-state index in [1.165, 1.54) is 54.1 Å². The number of ether oxygens (including phenoxy) is 3. The zero-order chi connectivity index (χ0) is 45.1. The number of hydrogen-bond donors (Lipinski definition) is 0. The molecule has 0 radical (unpaired) electrons. The molecular formula is C52H43F4N5O3. The Bertz CT molecular complexity index is 2770. The number of methoxy groups -OCH3 is 3. The van der Waals surface area contributed by atoms with Gasteiger partial charge in [-0.05, 0) is 101 Å². The second-order valence-corrected chi connectivity index (χ2v) is 13.7. The predicted octanol–water partition coefficient (Wildman–Crippen LogP) is 12.4. The third-order valence-corrected chi connectivity index (χ3v) is 9.32. The van der Waals surface area contributed by atoms with Crippen molar-refractivity contribution in [1.82, 2.24) is 24.7 Å². The van der Waals surface area contributed by atoms with E-state index in [-0.39, 0.29) is 23.3 Å². The molecule has 322 valence electrons. The van der Waals surface area contributed by atoms with Crippen molar-refractivity contribution >= 4 is 0 Å². The molecule has 0 saturated heterocycles. The summed E-state index contributed by atoms with van der Waals surface area (Å²) in [4.78, 5) is 12.1. The van der Waals surface area contributed by atoms with Gasteiger partial charge in [0.25, 0.3) is 0 Å². The van der Waals surface area contributed by atoms with Crippen molar-refractivity contribution in [2.45, 2.75) is 6.54 Å². The van der Waals surface area contributed by atoms with Crippen molar-refractivity contribution in [2.75, 3.05) is 21.3 Å². The molecule has 0 aliphatic rings. The molecule has 12 heteroatoms. The number of aromatic nitrogens is 5. The Morgan fingerprint density at radius 3 is 1.64 bits per heavy atom. The average molecular weight is 862 g/mol. The van der Waals surface area contributed by atoms with Gasteiger partial charge in [-0.3, -0.25) is 14.6 Å². The fraction of sp³-hybridized carbons (Fsp3) is 0.0769. The Balaban J connectivity index is 0.000000143. The topological polar surface area (TPSA) is 84.2 Å². The molecule has 0 aliphatic heterocycles. The SMILES string of the molecule is COc1ccncc1-c1cccc(F)c1.COc1cncc(-c2cccc(F)c2)c1.COc1ncccc1-c1cccc(F)c1.Fc1cccc(-c2cnn(Cc3ccccc3)c2)c1. The summed E-state index contributed by atoms with van der Waals surface area (Å²) >= 11 is 0. The van der Waals surface area contributed by atoms with Crippen molar-refractivity contribution in [3.05, 3.63) is 224 Å². The van der Waals surface area contributed by atoms with Gasteiger partial charge >= 0.3 is 0 Å². The first-order chi connectivity index (χ1) is 31.2. The van der Waals surface area contributed by atoms with Crippen LogP contribution in [0.5, 0.6) is 17.4 Å². The molecule has 0 unspecified atom stereocenters. The van der Waals surface area contributed by atoms with Crippen molar-refractivity contribution < 1.29 is 31.8 Å². The van der Waals surface area contributed by atoms with Crippen LogP contribution in [0, 0.1) is 23.3 Å². The predicted molar refractivity (Wildman–Crippen MR) is 242 cm³/mol. The minimum atomic E-state index is -0.265. The normalized spacial score (nSPS) is 10.2. The Morgan fingerprint density at radius 1 is 0.453 bits per heavy atom. The van der Waals surface area contributed by atoms with Crippen molar-refractivity contribution in [3.63, 3.8) is 0 Å². The molecule has 0 spiro atoms. The van der Waals surface area contributed by atoms with E-state index in [1.54, 1.807) is 94.9 Å². The first-order valence-electron chi connectivity index (χ1n) is 19.8. The van der Waals surface area contributed by atoms with Gasteiger partial charge < -0.3 is 14.2 Å². The number of halogens is 4. The molecular weight excluding hydrogens is 819 g/mol. The van der Waals surface area contributed by atoms with Gasteiger partial charge in [0, 0.05) is 53.2 Å². The summed E-state index contributed by atoms with van der Waals surface area (Å²) in [7, 11) is 4.70. The van der Waals surface area contributed by atoms with Crippen LogP contribution in [0.2, 0.25) is 0 Å². The van der Waals surface area contributed by atoms with Gasteiger partial charge in [0.05, 0.1) is 40.3 Å². The zero-order valence-electron chi connectivity index (χ0n) is 35.2. The lowest BCUT2D eigenvalue weighted by molar-refractivity contribution is 0.399. The molecule has 0 bridgehead atoms. The van der Waals surface area contributed by atoms with Crippen molar-refractivity contribution in [3.8, 4) is 61.9 Å². The standard InChI is InChI=1S/C16H13FN2.3C12H10FNO/c17-16-8-4-7-14(9-16)15-10-18-19(12-15)11-13-5-2-1-3-6-13;1-15-12-11(6-3-7-14-12)9-4-2-5-10(13)8-9;1-15-12-6-10(7-14-8-12)9-3-2-4-11(13)5-9;1-15-12-5-6-14-8-11(12)9-3-2-4-10(13)7-9/h1-10,12H,11H2;3*2-8H,1H3. The average Bonchev–Trinajstić information content (AvgIpc) is 3.81. The van der Waals surface area contributed by atoms with E-state index >= 15 is 0 Å². The summed E-state index contributed by atoms with van der Waals surface area (Å²) in [6.45, 7) is 0.718. The van der Waals surface area contributed by atoms with E-state index in [4.69, 9.17) is 14.2 Å². The quantitative estimate of drug-likeness (QED) is 0.134. The van der Waals surface area contributed by atoms with Gasteiger partial charge in [0.15, 0.2) is 0 Å². The summed E-state index contributed by atoms with van der Waals surface area (Å²) in [6.07, 6.45) is 11.9. The maximum atomic E-state index is 13.2. The Hall–Kier alpha value is -8.12. The maximum Gasteiger partial charge on any atom is 0.221 e. The Morgan fingerprint density at radius 2 is 1.05 bits per heavy atom. The minimum Gasteiger partial charge on any atom is -0.496 e. The maximum absolute atomic E-state index is 13.2. The Kier molecular flexibility index (Phi) is 16.5. The fourth-order valence-electron chi connectivity index (χ4n) is 6.26. The molecule has 0 amide bonds. The number of benzene rings is 5. The van der Waals surface area contributed by atoms with Crippen LogP contribution in [0.25, 0.3) is 44.5 Å². The van der Waals surface area contributed by atoms with E-state index in [0.29, 0.717) is 17.4 Å². The summed E-state index contributed by atoms with van der Waals surface area (Å²) in [6, 6.07) is 43.0. The first-order valence-corrected chi connectivity index (χ1v) is 19.8. The minimum absolute atomic E-state index is 0.228. The molecule has 5 aromatic carbocycles. The molecule has 9 rings (SSSR count). The monoisotopic (exact) mass is 861 g/mol. The van der Waals surface area contributed by atoms with Crippen molar-refractivity contribution in [2.24, 2.45) is 0 Å². The van der Waals surface area contributed by atoms with Crippen molar-refractivity contribution in [1.29, 1.82) is 0 Å². The third-order valence-electron chi connectivity index (χ3n) is 9.32. The number of rotatable bonds is 9. The zero-order valence-corrected chi connectivity index (χ0v) is 35.2. The first kappa shape index (κ1) is 45.4. The van der Waals surface area contributed by atoms with Gasteiger partial charge in [0.2, 0.25) is 5.88 Å². The van der Waals surface area contributed by atoms with Crippen LogP contribution in [0.3, 0.4) is 0 Å². The molecule has 4 heterocycles. The molecule has 9 aromatic rings. The summed E-state index contributed by atoms with van der Waals surface area (Å²) < 4.78 is 69.4. The third kappa shape index (κ3) is 13.2. The molecule has 8 nitrogen and oxygen atoms in total. The Labute approximate surface area is 369 Å². The highest BCUT2D eigenvalue weighted by atomic mass is 19.1. The van der Waals surface area contributed by atoms with Gasteiger partial charge in [-0.25, -0.2) is 22.5 Å². The fourth-order valence-corrected chi connectivity index (χ4v) is 6.26. The summed E-state index contributed by atoms with van der Waals surface area (Å²) in [5, 5.41) is 4.31. The van der Waals surface area contributed by atoms with Crippen LogP contribution in [0.4, 0.5) is 17.6 Å². The van der Waals surface area contributed by atoms with Crippen LogP contribution in [0.1, 0.15) is 5.56 Å². The lowest BCUT2D eigenvalue weighted by atomic mass is 10.1. The van der Waals surface area contributed by atoms with E-state index in [0.717, 1.165) is 51.1 Å². The molecule has 64 heavy (non-hydrogen) atoms. The molecule has 0 atom stereocenters. The highest BCUT2D eigenvalue weighted by Crippen LogP contribution is 2.30. The van der Waals surface area contributed by atoms with E-state index in [2.05, 4.69) is 32.2 Å².